The summed E-state index contributed by atoms with van der Waals surface area (Å²) in [4.78, 5) is 11.6. The Hall–Kier alpha value is -0.410. The zero-order chi connectivity index (χ0) is 8.44. The lowest BCUT2D eigenvalue weighted by Crippen LogP contribution is -2.49. The van der Waals surface area contributed by atoms with Gasteiger partial charge in [0.05, 0.1) is 0 Å². The first kappa shape index (κ1) is 8.20. The van der Waals surface area contributed by atoms with Crippen LogP contribution in [0, 0.1) is 0 Å². The van der Waals surface area contributed by atoms with Crippen molar-refractivity contribution in [3.63, 3.8) is 0 Å². The van der Waals surface area contributed by atoms with Crippen LogP contribution in [0.5, 0.6) is 0 Å². The van der Waals surface area contributed by atoms with Crippen molar-refractivity contribution in [1.29, 1.82) is 0 Å². The fourth-order valence-corrected chi connectivity index (χ4v) is 1.93. The Morgan fingerprint density at radius 3 is 2.58 bits per heavy atom. The molecule has 2 fully saturated rings. The molecule has 0 saturated carbocycles. The normalized spacial score (nSPS) is 29.2. The third-order valence-electron chi connectivity index (χ3n) is 2.74. The predicted molar refractivity (Wildman–Crippen MR) is 43.0 cm³/mol. The molecule has 0 aromatic rings. The van der Waals surface area contributed by atoms with E-state index in [9.17, 15) is 4.79 Å². The summed E-state index contributed by atoms with van der Waals surface area (Å²) in [6.07, 6.45) is 3.10. The summed E-state index contributed by atoms with van der Waals surface area (Å²) in [7, 11) is 0. The summed E-state index contributed by atoms with van der Waals surface area (Å²) in [5, 5.41) is 0. The Kier molecular flexibility index (Phi) is 2.15. The van der Waals surface area contributed by atoms with Gasteiger partial charge in [-0.25, -0.2) is 0 Å². The second-order valence-electron chi connectivity index (χ2n) is 3.48. The number of carbonyl (C=O) groups excluding carboxylic acids is 1. The van der Waals surface area contributed by atoms with E-state index in [1.807, 2.05) is 0 Å². The monoisotopic (exact) mass is 170 g/mol. The van der Waals surface area contributed by atoms with Crippen molar-refractivity contribution in [3.05, 3.63) is 0 Å². The minimum absolute atomic E-state index is 0.289. The van der Waals surface area contributed by atoms with Crippen LogP contribution >= 0.6 is 0 Å². The smallest absolute Gasteiger partial charge is 0.164 e. The van der Waals surface area contributed by atoms with Gasteiger partial charge in [-0.15, -0.1) is 0 Å². The highest BCUT2D eigenvalue weighted by atomic mass is 16.5. The molecule has 0 unspecified atom stereocenters. The maximum absolute atomic E-state index is 11.6. The standard InChI is InChI=1S/C9H14O3/c10-8-2-1-5-12-9(8)3-6-11-7-4-9/h1-7H2. The van der Waals surface area contributed by atoms with Crippen molar-refractivity contribution in [3.8, 4) is 0 Å². The molecule has 0 bridgehead atoms. The van der Waals surface area contributed by atoms with Crippen molar-refractivity contribution in [1.82, 2.24) is 0 Å². The zero-order valence-corrected chi connectivity index (χ0v) is 7.17. The molecule has 68 valence electrons. The van der Waals surface area contributed by atoms with Gasteiger partial charge in [-0.05, 0) is 6.42 Å². The lowest BCUT2D eigenvalue weighted by atomic mass is 9.85. The predicted octanol–water partition coefficient (Wildman–Crippen LogP) is 0.915. The maximum atomic E-state index is 11.6. The lowest BCUT2D eigenvalue weighted by Gasteiger charge is -2.38. The fraction of sp³-hybridized carbons (Fsp3) is 0.889. The number of carbonyl (C=O) groups is 1. The van der Waals surface area contributed by atoms with E-state index in [1.165, 1.54) is 0 Å². The Morgan fingerprint density at radius 1 is 1.17 bits per heavy atom. The Labute approximate surface area is 72.0 Å². The second-order valence-corrected chi connectivity index (χ2v) is 3.48. The van der Waals surface area contributed by atoms with E-state index < -0.39 is 5.60 Å². The summed E-state index contributed by atoms with van der Waals surface area (Å²) in [5.74, 6) is 0.289. The molecule has 2 aliphatic heterocycles. The van der Waals surface area contributed by atoms with E-state index in [0.717, 1.165) is 25.9 Å². The Morgan fingerprint density at radius 2 is 1.92 bits per heavy atom. The van der Waals surface area contributed by atoms with Crippen molar-refractivity contribution in [2.24, 2.45) is 0 Å². The topological polar surface area (TPSA) is 35.5 Å². The first-order chi connectivity index (χ1) is 5.83. The number of ketones is 1. The average Bonchev–Trinajstić information content (AvgIpc) is 2.12. The van der Waals surface area contributed by atoms with Crippen molar-refractivity contribution >= 4 is 5.78 Å². The molecule has 2 aliphatic rings. The van der Waals surface area contributed by atoms with Crippen LogP contribution in [0.1, 0.15) is 25.7 Å². The van der Waals surface area contributed by atoms with E-state index >= 15 is 0 Å². The fourth-order valence-electron chi connectivity index (χ4n) is 1.93. The maximum Gasteiger partial charge on any atom is 0.164 e. The molecule has 0 N–H and O–H groups in total. The summed E-state index contributed by atoms with van der Waals surface area (Å²) in [5.41, 5.74) is -0.448. The molecule has 0 aliphatic carbocycles. The van der Waals surface area contributed by atoms with Crippen LogP contribution in [-0.2, 0) is 14.3 Å². The SMILES string of the molecule is O=C1CCCOC12CCOCC2. The summed E-state index contributed by atoms with van der Waals surface area (Å²) < 4.78 is 10.8. The van der Waals surface area contributed by atoms with Crippen LogP contribution in [0.15, 0.2) is 0 Å². The molecular weight excluding hydrogens is 156 g/mol. The molecular formula is C9H14O3. The van der Waals surface area contributed by atoms with Crippen molar-refractivity contribution in [2.45, 2.75) is 31.3 Å². The number of rotatable bonds is 0. The van der Waals surface area contributed by atoms with Crippen LogP contribution in [0.3, 0.4) is 0 Å². The minimum Gasteiger partial charge on any atom is -0.381 e. The van der Waals surface area contributed by atoms with Crippen LogP contribution in [-0.4, -0.2) is 31.2 Å². The second kappa shape index (κ2) is 3.15. The third kappa shape index (κ3) is 1.27. The van der Waals surface area contributed by atoms with Crippen LogP contribution in [0.25, 0.3) is 0 Å². The molecule has 0 amide bonds. The van der Waals surface area contributed by atoms with E-state index in [0.29, 0.717) is 19.6 Å². The van der Waals surface area contributed by atoms with Gasteiger partial charge in [0.15, 0.2) is 5.78 Å². The summed E-state index contributed by atoms with van der Waals surface area (Å²) in [6, 6.07) is 0. The van der Waals surface area contributed by atoms with Gasteiger partial charge >= 0.3 is 0 Å². The van der Waals surface area contributed by atoms with Gasteiger partial charge in [-0.2, -0.15) is 0 Å². The number of hydrogen-bond acceptors (Lipinski definition) is 3. The zero-order valence-electron chi connectivity index (χ0n) is 7.17. The van der Waals surface area contributed by atoms with Crippen molar-refractivity contribution in [2.75, 3.05) is 19.8 Å². The van der Waals surface area contributed by atoms with Crippen LogP contribution in [0.4, 0.5) is 0 Å². The van der Waals surface area contributed by atoms with Crippen LogP contribution in [0.2, 0.25) is 0 Å². The summed E-state index contributed by atoms with van der Waals surface area (Å²) >= 11 is 0. The van der Waals surface area contributed by atoms with Crippen molar-refractivity contribution < 1.29 is 14.3 Å². The van der Waals surface area contributed by atoms with Gasteiger partial charge in [-0.1, -0.05) is 0 Å². The molecule has 2 saturated heterocycles. The highest BCUT2D eigenvalue weighted by Gasteiger charge is 2.42. The number of Topliss-reactive ketones (excluding diaryl/α,β-unsaturated/α-hetero) is 1. The lowest BCUT2D eigenvalue weighted by molar-refractivity contribution is -0.166. The number of hydrogen-bond donors (Lipinski definition) is 0. The van der Waals surface area contributed by atoms with Gasteiger partial charge in [0.1, 0.15) is 5.60 Å². The first-order valence-electron chi connectivity index (χ1n) is 4.58. The molecule has 0 aromatic carbocycles. The molecule has 0 radical (unpaired) electrons. The van der Waals surface area contributed by atoms with Gasteiger partial charge in [0.2, 0.25) is 0 Å². The largest absolute Gasteiger partial charge is 0.381 e. The molecule has 12 heavy (non-hydrogen) atoms. The molecule has 0 aromatic heterocycles. The molecule has 1 spiro atoms. The van der Waals surface area contributed by atoms with Gasteiger partial charge in [-0.3, -0.25) is 4.79 Å². The Bertz CT molecular complexity index is 174. The molecule has 2 heterocycles. The molecule has 0 atom stereocenters. The van der Waals surface area contributed by atoms with Gasteiger partial charge < -0.3 is 9.47 Å². The molecule has 3 nitrogen and oxygen atoms in total. The van der Waals surface area contributed by atoms with E-state index in [1.54, 1.807) is 0 Å². The van der Waals surface area contributed by atoms with E-state index in [-0.39, 0.29) is 5.78 Å². The van der Waals surface area contributed by atoms with E-state index in [2.05, 4.69) is 0 Å². The highest BCUT2D eigenvalue weighted by Crippen LogP contribution is 2.31. The van der Waals surface area contributed by atoms with Crippen LogP contribution < -0.4 is 0 Å². The highest BCUT2D eigenvalue weighted by molar-refractivity contribution is 5.88. The minimum atomic E-state index is -0.448. The Balaban J connectivity index is 2.09. The van der Waals surface area contributed by atoms with Gasteiger partial charge in [0.25, 0.3) is 0 Å². The average molecular weight is 170 g/mol. The van der Waals surface area contributed by atoms with Gasteiger partial charge in [0, 0.05) is 39.1 Å². The summed E-state index contributed by atoms with van der Waals surface area (Å²) in [6.45, 7) is 2.09. The number of ether oxygens (including phenoxy) is 2. The third-order valence-corrected chi connectivity index (χ3v) is 2.74. The molecule has 2 rings (SSSR count). The first-order valence-corrected chi connectivity index (χ1v) is 4.58. The quantitative estimate of drug-likeness (QED) is 0.542. The van der Waals surface area contributed by atoms with E-state index in [4.69, 9.17) is 9.47 Å². The molecule has 3 heteroatoms.